The lowest BCUT2D eigenvalue weighted by molar-refractivity contribution is -0.137. The lowest BCUT2D eigenvalue weighted by atomic mass is 10.2. The largest absolute Gasteiger partial charge is 0.492 e. The maximum absolute atomic E-state index is 13.0. The standard InChI is InChI=1S/C21H31N3O5S/c1-4-23(5-2)30(27,28)16-11-12-19(29-6-3)17(14-16)22-20(25)18-8-7-13-24(18)21(26)15-9-10-15/h11-12,14-15,18H,4-10,13H2,1-3H3,(H,22,25). The number of carbonyl (C=O) groups excluding carboxylic acids is 2. The number of benzene rings is 1. The number of hydrogen-bond acceptors (Lipinski definition) is 5. The molecule has 2 fully saturated rings. The number of rotatable bonds is 9. The highest BCUT2D eigenvalue weighted by atomic mass is 32.2. The maximum atomic E-state index is 13.0. The van der Waals surface area contributed by atoms with Crippen LogP contribution in [0.2, 0.25) is 0 Å². The molecule has 0 radical (unpaired) electrons. The van der Waals surface area contributed by atoms with Crippen molar-refractivity contribution in [2.24, 2.45) is 5.92 Å². The van der Waals surface area contributed by atoms with Crippen LogP contribution in [0.5, 0.6) is 5.75 Å². The summed E-state index contributed by atoms with van der Waals surface area (Å²) in [5.74, 6) is 0.206. The highest BCUT2D eigenvalue weighted by Crippen LogP contribution is 2.35. The molecule has 1 aliphatic carbocycles. The molecule has 1 atom stereocenters. The minimum atomic E-state index is -3.68. The molecule has 1 heterocycles. The van der Waals surface area contributed by atoms with Crippen LogP contribution in [0.25, 0.3) is 0 Å². The number of nitrogens with zero attached hydrogens (tertiary/aromatic N) is 2. The van der Waals surface area contributed by atoms with Crippen molar-refractivity contribution >= 4 is 27.5 Å². The van der Waals surface area contributed by atoms with Crippen molar-refractivity contribution in [3.8, 4) is 5.75 Å². The fourth-order valence-electron chi connectivity index (χ4n) is 3.85. The number of hydrogen-bond donors (Lipinski definition) is 1. The number of anilines is 1. The third-order valence-corrected chi connectivity index (χ3v) is 7.66. The predicted octanol–water partition coefficient (Wildman–Crippen LogP) is 2.46. The Morgan fingerprint density at radius 2 is 1.87 bits per heavy atom. The third kappa shape index (κ3) is 4.62. The zero-order valence-corrected chi connectivity index (χ0v) is 18.7. The number of amides is 2. The summed E-state index contributed by atoms with van der Waals surface area (Å²) in [5.41, 5.74) is 0.306. The van der Waals surface area contributed by atoms with Crippen LogP contribution in [0.1, 0.15) is 46.5 Å². The molecule has 1 aliphatic heterocycles. The van der Waals surface area contributed by atoms with Gasteiger partial charge in [-0.05, 0) is 50.8 Å². The maximum Gasteiger partial charge on any atom is 0.247 e. The second-order valence-corrected chi connectivity index (χ2v) is 9.57. The van der Waals surface area contributed by atoms with Gasteiger partial charge < -0.3 is 15.0 Å². The van der Waals surface area contributed by atoms with E-state index >= 15 is 0 Å². The van der Waals surface area contributed by atoms with E-state index in [1.807, 2.05) is 6.92 Å². The fourth-order valence-corrected chi connectivity index (χ4v) is 5.33. The lowest BCUT2D eigenvalue weighted by Crippen LogP contribution is -2.43. The van der Waals surface area contributed by atoms with Crippen molar-refractivity contribution < 1.29 is 22.7 Å². The summed E-state index contributed by atoms with van der Waals surface area (Å²) >= 11 is 0. The molecule has 166 valence electrons. The van der Waals surface area contributed by atoms with E-state index in [0.717, 1.165) is 19.3 Å². The highest BCUT2D eigenvalue weighted by Gasteiger charge is 2.41. The molecule has 0 aromatic heterocycles. The van der Waals surface area contributed by atoms with E-state index in [1.54, 1.807) is 24.8 Å². The topological polar surface area (TPSA) is 96.0 Å². The Bertz CT molecular complexity index is 894. The molecule has 9 heteroatoms. The Balaban J connectivity index is 1.86. The van der Waals surface area contributed by atoms with Gasteiger partial charge in [-0.3, -0.25) is 9.59 Å². The van der Waals surface area contributed by atoms with Crippen molar-refractivity contribution in [2.75, 3.05) is 31.6 Å². The van der Waals surface area contributed by atoms with Crippen LogP contribution in [-0.2, 0) is 19.6 Å². The average Bonchev–Trinajstić information content (AvgIpc) is 3.45. The number of nitrogens with one attached hydrogen (secondary N) is 1. The van der Waals surface area contributed by atoms with Gasteiger partial charge in [0.1, 0.15) is 11.8 Å². The smallest absolute Gasteiger partial charge is 0.247 e. The van der Waals surface area contributed by atoms with Crippen molar-refractivity contribution in [1.82, 2.24) is 9.21 Å². The molecule has 0 spiro atoms. The summed E-state index contributed by atoms with van der Waals surface area (Å²) in [6, 6.07) is 3.97. The number of sulfonamides is 1. The van der Waals surface area contributed by atoms with E-state index in [-0.39, 0.29) is 22.6 Å². The monoisotopic (exact) mass is 437 g/mol. The average molecular weight is 438 g/mol. The number of carbonyl (C=O) groups is 2. The summed E-state index contributed by atoms with van der Waals surface area (Å²) < 4.78 is 32.8. The van der Waals surface area contributed by atoms with Gasteiger partial charge in [-0.25, -0.2) is 8.42 Å². The van der Waals surface area contributed by atoms with Crippen molar-refractivity contribution in [3.63, 3.8) is 0 Å². The van der Waals surface area contributed by atoms with E-state index in [9.17, 15) is 18.0 Å². The molecule has 2 amide bonds. The van der Waals surface area contributed by atoms with Crippen molar-refractivity contribution in [2.45, 2.75) is 57.4 Å². The molecule has 1 aromatic rings. The Hall–Kier alpha value is -2.13. The molecule has 0 bridgehead atoms. The first-order valence-electron chi connectivity index (χ1n) is 10.7. The zero-order chi connectivity index (χ0) is 21.9. The van der Waals surface area contributed by atoms with Crippen LogP contribution in [-0.4, -0.2) is 61.7 Å². The molecule has 2 aliphatic rings. The van der Waals surface area contributed by atoms with Gasteiger partial charge in [-0.2, -0.15) is 4.31 Å². The molecule has 1 aromatic carbocycles. The Kier molecular flexibility index (Phi) is 7.02. The van der Waals surface area contributed by atoms with E-state index < -0.39 is 16.1 Å². The molecule has 1 saturated heterocycles. The van der Waals surface area contributed by atoms with Gasteiger partial charge in [-0.1, -0.05) is 13.8 Å². The molecular formula is C21H31N3O5S. The molecule has 8 nitrogen and oxygen atoms in total. The summed E-state index contributed by atoms with van der Waals surface area (Å²) in [6.07, 6.45) is 3.17. The Morgan fingerprint density at radius 3 is 2.47 bits per heavy atom. The second kappa shape index (κ2) is 9.34. The van der Waals surface area contributed by atoms with Crippen LogP contribution in [0, 0.1) is 5.92 Å². The van der Waals surface area contributed by atoms with E-state index in [2.05, 4.69) is 5.32 Å². The van der Waals surface area contributed by atoms with Gasteiger partial charge in [0.15, 0.2) is 0 Å². The van der Waals surface area contributed by atoms with Gasteiger partial charge in [0.05, 0.1) is 17.2 Å². The van der Waals surface area contributed by atoms with Crippen LogP contribution < -0.4 is 10.1 Å². The first-order chi connectivity index (χ1) is 14.3. The molecule has 30 heavy (non-hydrogen) atoms. The molecule has 1 unspecified atom stereocenters. The Labute approximate surface area is 178 Å². The predicted molar refractivity (Wildman–Crippen MR) is 114 cm³/mol. The summed E-state index contributed by atoms with van der Waals surface area (Å²) in [4.78, 5) is 27.3. The summed E-state index contributed by atoms with van der Waals surface area (Å²) in [6.45, 7) is 7.05. The molecular weight excluding hydrogens is 406 g/mol. The van der Waals surface area contributed by atoms with Gasteiger partial charge in [0, 0.05) is 25.6 Å². The minimum Gasteiger partial charge on any atom is -0.492 e. The quantitative estimate of drug-likeness (QED) is 0.640. The Morgan fingerprint density at radius 1 is 1.17 bits per heavy atom. The van der Waals surface area contributed by atoms with Crippen LogP contribution >= 0.6 is 0 Å². The summed E-state index contributed by atoms with van der Waals surface area (Å²) in [7, 11) is -3.68. The first-order valence-corrected chi connectivity index (χ1v) is 12.2. The van der Waals surface area contributed by atoms with E-state index in [1.165, 1.54) is 16.4 Å². The van der Waals surface area contributed by atoms with Crippen LogP contribution in [0.4, 0.5) is 5.69 Å². The fraction of sp³-hybridized carbons (Fsp3) is 0.619. The molecule has 3 rings (SSSR count). The van der Waals surface area contributed by atoms with Crippen LogP contribution in [0.3, 0.4) is 0 Å². The first kappa shape index (κ1) is 22.6. The third-order valence-electron chi connectivity index (χ3n) is 5.62. The summed E-state index contributed by atoms with van der Waals surface area (Å²) in [5, 5.41) is 2.83. The SMILES string of the molecule is CCOc1ccc(S(=O)(=O)N(CC)CC)cc1NC(=O)C1CCCN1C(=O)C1CC1. The molecule has 1 saturated carbocycles. The van der Waals surface area contributed by atoms with Gasteiger partial charge in [0.2, 0.25) is 21.8 Å². The van der Waals surface area contributed by atoms with Gasteiger partial charge >= 0.3 is 0 Å². The second-order valence-electron chi connectivity index (χ2n) is 7.63. The van der Waals surface area contributed by atoms with E-state index in [4.69, 9.17) is 4.74 Å². The van der Waals surface area contributed by atoms with Crippen LogP contribution in [0.15, 0.2) is 23.1 Å². The minimum absolute atomic E-state index is 0.0514. The van der Waals surface area contributed by atoms with Crippen molar-refractivity contribution in [3.05, 3.63) is 18.2 Å². The van der Waals surface area contributed by atoms with Gasteiger partial charge in [-0.15, -0.1) is 0 Å². The number of ether oxygens (including phenoxy) is 1. The number of likely N-dealkylation sites (tertiary alicyclic amines) is 1. The van der Waals surface area contributed by atoms with Crippen molar-refractivity contribution in [1.29, 1.82) is 0 Å². The zero-order valence-electron chi connectivity index (χ0n) is 17.9. The molecule has 1 N–H and O–H groups in total. The highest BCUT2D eigenvalue weighted by molar-refractivity contribution is 7.89. The van der Waals surface area contributed by atoms with Gasteiger partial charge in [0.25, 0.3) is 0 Å². The lowest BCUT2D eigenvalue weighted by Gasteiger charge is -2.25. The van der Waals surface area contributed by atoms with E-state index in [0.29, 0.717) is 44.1 Å². The normalized spacial score (nSPS) is 19.2.